The zero-order valence-electron chi connectivity index (χ0n) is 10.9. The quantitative estimate of drug-likeness (QED) is 0.759. The normalized spacial score (nSPS) is 16.5. The number of hydrogen-bond acceptors (Lipinski definition) is 2. The molecule has 0 radical (unpaired) electrons. The van der Waals surface area contributed by atoms with E-state index >= 15 is 0 Å². The second-order valence-corrected chi connectivity index (χ2v) is 5.23. The molecule has 1 aromatic heterocycles. The lowest BCUT2D eigenvalue weighted by molar-refractivity contribution is 0.0698. The summed E-state index contributed by atoms with van der Waals surface area (Å²) in [6, 6.07) is 10.3. The molecule has 0 aliphatic heterocycles. The molecule has 1 aliphatic carbocycles. The number of fused-ring (bicyclic) bond motifs is 2. The minimum Gasteiger partial charge on any atom is -0.478 e. The number of benzene rings is 2. The number of aromatic nitrogens is 2. The molecule has 3 aromatic rings. The maximum Gasteiger partial charge on any atom is 0.338 e. The summed E-state index contributed by atoms with van der Waals surface area (Å²) >= 11 is 0. The van der Waals surface area contributed by atoms with Crippen LogP contribution in [0, 0.1) is 5.82 Å². The SMILES string of the molecule is O=C(O)c1cc(F)cc2[nH]c(C3Cc4ccccc43)nc12. The number of H-pyrrole nitrogens is 1. The van der Waals surface area contributed by atoms with Crippen molar-refractivity contribution in [1.82, 2.24) is 9.97 Å². The van der Waals surface area contributed by atoms with Gasteiger partial charge in [-0.1, -0.05) is 24.3 Å². The van der Waals surface area contributed by atoms with Gasteiger partial charge >= 0.3 is 5.97 Å². The highest BCUT2D eigenvalue weighted by molar-refractivity contribution is 6.01. The Balaban J connectivity index is 1.86. The van der Waals surface area contributed by atoms with E-state index in [0.29, 0.717) is 16.9 Å². The molecule has 0 saturated heterocycles. The molecule has 2 N–H and O–H groups in total. The van der Waals surface area contributed by atoms with Gasteiger partial charge in [-0.05, 0) is 29.7 Å². The molecular formula is C16H11FN2O2. The molecular weight excluding hydrogens is 271 g/mol. The molecule has 1 heterocycles. The van der Waals surface area contributed by atoms with Crippen LogP contribution in [-0.2, 0) is 6.42 Å². The van der Waals surface area contributed by atoms with Crippen LogP contribution >= 0.6 is 0 Å². The topological polar surface area (TPSA) is 66.0 Å². The summed E-state index contributed by atoms with van der Waals surface area (Å²) in [5.74, 6) is -0.939. The Morgan fingerprint density at radius 2 is 2.14 bits per heavy atom. The van der Waals surface area contributed by atoms with E-state index in [1.165, 1.54) is 17.2 Å². The van der Waals surface area contributed by atoms with Crippen molar-refractivity contribution in [3.05, 3.63) is 64.7 Å². The molecule has 1 unspecified atom stereocenters. The number of carboxylic acid groups (broad SMARTS) is 1. The average Bonchev–Trinajstić information content (AvgIpc) is 2.82. The molecule has 0 amide bonds. The summed E-state index contributed by atoms with van der Waals surface area (Å²) in [5.41, 5.74) is 3.08. The molecule has 0 bridgehead atoms. The van der Waals surface area contributed by atoms with Gasteiger partial charge in [0.05, 0.1) is 11.1 Å². The highest BCUT2D eigenvalue weighted by Crippen LogP contribution is 2.39. The summed E-state index contributed by atoms with van der Waals surface area (Å²) < 4.78 is 13.5. The smallest absolute Gasteiger partial charge is 0.338 e. The van der Waals surface area contributed by atoms with Crippen LogP contribution in [0.1, 0.15) is 33.2 Å². The van der Waals surface area contributed by atoms with Crippen molar-refractivity contribution in [3.8, 4) is 0 Å². The first-order chi connectivity index (χ1) is 10.1. The van der Waals surface area contributed by atoms with Gasteiger partial charge in [-0.3, -0.25) is 0 Å². The summed E-state index contributed by atoms with van der Waals surface area (Å²) in [7, 11) is 0. The van der Waals surface area contributed by atoms with E-state index < -0.39 is 11.8 Å². The lowest BCUT2D eigenvalue weighted by Gasteiger charge is -2.28. The second kappa shape index (κ2) is 4.15. The van der Waals surface area contributed by atoms with E-state index in [2.05, 4.69) is 16.0 Å². The van der Waals surface area contributed by atoms with Crippen molar-refractivity contribution in [2.24, 2.45) is 0 Å². The molecule has 1 aliphatic rings. The predicted molar refractivity (Wildman–Crippen MR) is 75.0 cm³/mol. The average molecular weight is 282 g/mol. The fourth-order valence-electron chi connectivity index (χ4n) is 2.93. The van der Waals surface area contributed by atoms with Gasteiger partial charge in [0, 0.05) is 5.92 Å². The Labute approximate surface area is 119 Å². The van der Waals surface area contributed by atoms with Gasteiger partial charge in [0.2, 0.25) is 0 Å². The lowest BCUT2D eigenvalue weighted by atomic mass is 9.77. The van der Waals surface area contributed by atoms with Crippen LogP contribution in [0.4, 0.5) is 4.39 Å². The number of hydrogen-bond donors (Lipinski definition) is 2. The van der Waals surface area contributed by atoms with E-state index in [0.717, 1.165) is 12.5 Å². The third-order valence-corrected chi connectivity index (χ3v) is 3.98. The van der Waals surface area contributed by atoms with Crippen LogP contribution in [0.25, 0.3) is 11.0 Å². The van der Waals surface area contributed by atoms with Crippen molar-refractivity contribution < 1.29 is 14.3 Å². The Kier molecular flexibility index (Phi) is 2.39. The second-order valence-electron chi connectivity index (χ2n) is 5.23. The molecule has 4 rings (SSSR count). The predicted octanol–water partition coefficient (Wildman–Crippen LogP) is 3.09. The fourth-order valence-corrected chi connectivity index (χ4v) is 2.93. The minimum absolute atomic E-state index is 0.111. The van der Waals surface area contributed by atoms with E-state index in [9.17, 15) is 9.18 Å². The molecule has 104 valence electrons. The van der Waals surface area contributed by atoms with E-state index in [-0.39, 0.29) is 11.5 Å². The summed E-state index contributed by atoms with van der Waals surface area (Å²) in [6.45, 7) is 0. The highest BCUT2D eigenvalue weighted by atomic mass is 19.1. The molecule has 21 heavy (non-hydrogen) atoms. The largest absolute Gasteiger partial charge is 0.478 e. The number of nitrogens with one attached hydrogen (secondary N) is 1. The summed E-state index contributed by atoms with van der Waals surface area (Å²) in [4.78, 5) is 18.7. The van der Waals surface area contributed by atoms with Gasteiger partial charge in [-0.25, -0.2) is 14.2 Å². The Morgan fingerprint density at radius 1 is 1.33 bits per heavy atom. The van der Waals surface area contributed by atoms with Crippen molar-refractivity contribution in [3.63, 3.8) is 0 Å². The maximum absolute atomic E-state index is 13.5. The molecule has 2 aromatic carbocycles. The Hall–Kier alpha value is -2.69. The van der Waals surface area contributed by atoms with Crippen molar-refractivity contribution in [2.75, 3.05) is 0 Å². The van der Waals surface area contributed by atoms with E-state index in [1.54, 1.807) is 0 Å². The number of rotatable bonds is 2. The molecule has 5 heteroatoms. The molecule has 0 spiro atoms. The number of nitrogens with zero attached hydrogens (tertiary/aromatic N) is 1. The van der Waals surface area contributed by atoms with Gasteiger partial charge in [0.25, 0.3) is 0 Å². The van der Waals surface area contributed by atoms with Crippen molar-refractivity contribution in [2.45, 2.75) is 12.3 Å². The molecule has 0 fully saturated rings. The molecule has 4 nitrogen and oxygen atoms in total. The van der Waals surface area contributed by atoms with Crippen LogP contribution in [0.2, 0.25) is 0 Å². The summed E-state index contributed by atoms with van der Waals surface area (Å²) in [6.07, 6.45) is 0.862. The number of aromatic carboxylic acids is 1. The van der Waals surface area contributed by atoms with Crippen LogP contribution in [-0.4, -0.2) is 21.0 Å². The number of carboxylic acids is 1. The third-order valence-electron chi connectivity index (χ3n) is 3.98. The van der Waals surface area contributed by atoms with Gasteiger partial charge in [0.1, 0.15) is 17.2 Å². The standard InChI is InChI=1S/C16H11FN2O2/c17-9-6-12(16(20)21)14-13(7-9)18-15(19-14)11-5-8-3-1-2-4-10(8)11/h1-4,6-7,11H,5H2,(H,18,19)(H,20,21). The monoisotopic (exact) mass is 282 g/mol. The molecule has 0 saturated carbocycles. The number of carbonyl (C=O) groups is 1. The first-order valence-corrected chi connectivity index (χ1v) is 6.64. The number of imidazole rings is 1. The van der Waals surface area contributed by atoms with Gasteiger partial charge < -0.3 is 10.1 Å². The highest BCUT2D eigenvalue weighted by Gasteiger charge is 2.30. The van der Waals surface area contributed by atoms with E-state index in [1.807, 2.05) is 18.2 Å². The van der Waals surface area contributed by atoms with Crippen LogP contribution in [0.3, 0.4) is 0 Å². The maximum atomic E-state index is 13.5. The first kappa shape index (κ1) is 12.1. The zero-order chi connectivity index (χ0) is 14.6. The van der Waals surface area contributed by atoms with Gasteiger partial charge in [-0.2, -0.15) is 0 Å². The van der Waals surface area contributed by atoms with Gasteiger partial charge in [0.15, 0.2) is 0 Å². The van der Waals surface area contributed by atoms with Crippen molar-refractivity contribution >= 4 is 17.0 Å². The first-order valence-electron chi connectivity index (χ1n) is 6.64. The lowest BCUT2D eigenvalue weighted by Crippen LogP contribution is -2.19. The van der Waals surface area contributed by atoms with Crippen molar-refractivity contribution in [1.29, 1.82) is 0 Å². The molecule has 1 atom stereocenters. The number of aromatic amines is 1. The van der Waals surface area contributed by atoms with Crippen LogP contribution < -0.4 is 0 Å². The van der Waals surface area contributed by atoms with Gasteiger partial charge in [-0.15, -0.1) is 0 Å². The third kappa shape index (κ3) is 1.74. The van der Waals surface area contributed by atoms with Crippen LogP contribution in [0.5, 0.6) is 0 Å². The van der Waals surface area contributed by atoms with Crippen LogP contribution in [0.15, 0.2) is 36.4 Å². The fraction of sp³-hybridized carbons (Fsp3) is 0.125. The van der Waals surface area contributed by atoms with E-state index in [4.69, 9.17) is 5.11 Å². The minimum atomic E-state index is -1.17. The zero-order valence-corrected chi connectivity index (χ0v) is 10.9. The Morgan fingerprint density at radius 3 is 2.90 bits per heavy atom. The Bertz CT molecular complexity index is 885. The number of halogens is 1. The summed E-state index contributed by atoms with van der Waals surface area (Å²) in [5, 5.41) is 9.16.